The van der Waals surface area contributed by atoms with Gasteiger partial charge in [0.05, 0.1) is 0 Å². The molecule has 0 saturated carbocycles. The van der Waals surface area contributed by atoms with E-state index in [0.717, 1.165) is 19.6 Å². The van der Waals surface area contributed by atoms with E-state index in [2.05, 4.69) is 34.7 Å². The Morgan fingerprint density at radius 3 is 2.19 bits per heavy atom. The van der Waals surface area contributed by atoms with Crippen LogP contribution in [0.25, 0.3) is 10.8 Å². The topological polar surface area (TPSA) is 39.8 Å². The Labute approximate surface area is 96.2 Å². The zero-order valence-corrected chi connectivity index (χ0v) is 9.66. The molecule has 3 nitrogen and oxygen atoms in total. The van der Waals surface area contributed by atoms with Crippen molar-refractivity contribution >= 4 is 10.8 Å². The Kier molecular flexibility index (Phi) is 3.97. The summed E-state index contributed by atoms with van der Waals surface area (Å²) < 4.78 is 0. The quantitative estimate of drug-likeness (QED) is 0.629. The lowest BCUT2D eigenvalue weighted by Crippen LogP contribution is -2.46. The number of aromatic nitrogens is 1. The molecule has 3 heteroatoms. The molecule has 1 aromatic heterocycles. The predicted octanol–water partition coefficient (Wildman–Crippen LogP) is 1.74. The fourth-order valence-corrected chi connectivity index (χ4v) is 1.79. The molecule has 1 aliphatic rings. The molecule has 2 aromatic rings. The SMILES string of the molecule is CC1CNCCN1.c1ccc2c[nH]cc2c1. The van der Waals surface area contributed by atoms with Gasteiger partial charge >= 0.3 is 0 Å². The van der Waals surface area contributed by atoms with E-state index in [1.807, 2.05) is 24.5 Å². The zero-order valence-electron chi connectivity index (χ0n) is 9.66. The van der Waals surface area contributed by atoms with Crippen LogP contribution in [0.5, 0.6) is 0 Å². The van der Waals surface area contributed by atoms with Crippen LogP contribution in [0.15, 0.2) is 36.7 Å². The summed E-state index contributed by atoms with van der Waals surface area (Å²) in [5, 5.41) is 9.14. The number of piperazine rings is 1. The maximum absolute atomic E-state index is 3.32. The fraction of sp³-hybridized carbons (Fsp3) is 0.385. The van der Waals surface area contributed by atoms with Crippen LogP contribution in [0, 0.1) is 0 Å². The summed E-state index contributed by atoms with van der Waals surface area (Å²) >= 11 is 0. The molecule has 1 unspecified atom stereocenters. The van der Waals surface area contributed by atoms with Crippen LogP contribution in [0.3, 0.4) is 0 Å². The highest BCUT2D eigenvalue weighted by atomic mass is 15.0. The van der Waals surface area contributed by atoms with Crippen LogP contribution in [-0.4, -0.2) is 30.7 Å². The van der Waals surface area contributed by atoms with Crippen LogP contribution in [0.1, 0.15) is 6.92 Å². The third-order valence-corrected chi connectivity index (χ3v) is 2.72. The molecule has 3 N–H and O–H groups in total. The van der Waals surface area contributed by atoms with Gasteiger partial charge in [0, 0.05) is 38.1 Å². The average molecular weight is 217 g/mol. The standard InChI is InChI=1S/C8H7N.C5H12N2/c1-2-4-8-6-9-5-7(8)3-1;1-5-4-6-2-3-7-5/h1-6,9H;5-7H,2-4H2,1H3. The van der Waals surface area contributed by atoms with Crippen LogP contribution < -0.4 is 10.6 Å². The Morgan fingerprint density at radius 2 is 1.75 bits per heavy atom. The number of hydrogen-bond acceptors (Lipinski definition) is 2. The number of nitrogens with one attached hydrogen (secondary N) is 3. The second-order valence-corrected chi connectivity index (χ2v) is 4.14. The van der Waals surface area contributed by atoms with Crippen molar-refractivity contribution in [3.8, 4) is 0 Å². The summed E-state index contributed by atoms with van der Waals surface area (Å²) in [6.07, 6.45) is 3.99. The van der Waals surface area contributed by atoms with Crippen molar-refractivity contribution in [2.45, 2.75) is 13.0 Å². The minimum absolute atomic E-state index is 0.675. The van der Waals surface area contributed by atoms with Crippen molar-refractivity contribution in [1.29, 1.82) is 0 Å². The van der Waals surface area contributed by atoms with Crippen molar-refractivity contribution in [2.24, 2.45) is 0 Å². The summed E-state index contributed by atoms with van der Waals surface area (Å²) in [4.78, 5) is 3.04. The first-order chi connectivity index (χ1) is 7.86. The van der Waals surface area contributed by atoms with Crippen molar-refractivity contribution in [2.75, 3.05) is 19.6 Å². The minimum atomic E-state index is 0.675. The number of benzene rings is 1. The highest BCUT2D eigenvalue weighted by Crippen LogP contribution is 2.10. The van der Waals surface area contributed by atoms with Crippen molar-refractivity contribution < 1.29 is 0 Å². The van der Waals surface area contributed by atoms with Gasteiger partial charge in [0.15, 0.2) is 0 Å². The second-order valence-electron chi connectivity index (χ2n) is 4.14. The molecule has 1 fully saturated rings. The van der Waals surface area contributed by atoms with Gasteiger partial charge in [-0.15, -0.1) is 0 Å². The Hall–Kier alpha value is -1.32. The number of H-pyrrole nitrogens is 1. The smallest absolute Gasteiger partial charge is 0.0164 e. The van der Waals surface area contributed by atoms with Crippen LogP contribution in [0.2, 0.25) is 0 Å². The van der Waals surface area contributed by atoms with Crippen LogP contribution in [-0.2, 0) is 0 Å². The summed E-state index contributed by atoms with van der Waals surface area (Å²) in [7, 11) is 0. The molecule has 3 rings (SSSR count). The molecule has 0 amide bonds. The third kappa shape index (κ3) is 3.08. The van der Waals surface area contributed by atoms with E-state index in [1.54, 1.807) is 0 Å². The van der Waals surface area contributed by atoms with Crippen molar-refractivity contribution in [3.63, 3.8) is 0 Å². The Morgan fingerprint density at radius 1 is 1.06 bits per heavy atom. The van der Waals surface area contributed by atoms with Gasteiger partial charge in [-0.05, 0) is 17.7 Å². The van der Waals surface area contributed by atoms with Gasteiger partial charge in [-0.3, -0.25) is 0 Å². The zero-order chi connectivity index (χ0) is 11.2. The van der Waals surface area contributed by atoms with E-state index in [4.69, 9.17) is 0 Å². The Balaban J connectivity index is 0.000000125. The number of aromatic amines is 1. The van der Waals surface area contributed by atoms with Crippen LogP contribution in [0.4, 0.5) is 0 Å². The van der Waals surface area contributed by atoms with Gasteiger partial charge in [0.1, 0.15) is 0 Å². The second kappa shape index (κ2) is 5.68. The molecule has 16 heavy (non-hydrogen) atoms. The summed E-state index contributed by atoms with van der Waals surface area (Å²) in [5.74, 6) is 0. The molecule has 1 saturated heterocycles. The summed E-state index contributed by atoms with van der Waals surface area (Å²) in [5.41, 5.74) is 0. The number of hydrogen-bond donors (Lipinski definition) is 3. The normalized spacial score (nSPS) is 20.2. The third-order valence-electron chi connectivity index (χ3n) is 2.72. The lowest BCUT2D eigenvalue weighted by Gasteiger charge is -2.19. The highest BCUT2D eigenvalue weighted by molar-refractivity contribution is 5.81. The van der Waals surface area contributed by atoms with Gasteiger partial charge in [-0.2, -0.15) is 0 Å². The maximum atomic E-state index is 3.32. The molecule has 0 spiro atoms. The number of fused-ring (bicyclic) bond motifs is 1. The first kappa shape index (κ1) is 11.2. The summed E-state index contributed by atoms with van der Waals surface area (Å²) in [6, 6.07) is 8.93. The van der Waals surface area contributed by atoms with E-state index < -0.39 is 0 Å². The molecule has 1 atom stereocenters. The van der Waals surface area contributed by atoms with E-state index in [-0.39, 0.29) is 0 Å². The maximum Gasteiger partial charge on any atom is 0.0164 e. The molecule has 2 heterocycles. The molecule has 1 aromatic carbocycles. The van der Waals surface area contributed by atoms with Gasteiger partial charge < -0.3 is 15.6 Å². The Bertz CT molecular complexity index is 386. The lowest BCUT2D eigenvalue weighted by molar-refractivity contribution is 0.442. The van der Waals surface area contributed by atoms with Gasteiger partial charge in [-0.25, -0.2) is 0 Å². The monoisotopic (exact) mass is 217 g/mol. The first-order valence-corrected chi connectivity index (χ1v) is 5.82. The predicted molar refractivity (Wildman–Crippen MR) is 68.6 cm³/mol. The van der Waals surface area contributed by atoms with Gasteiger partial charge in [0.25, 0.3) is 0 Å². The fourth-order valence-electron chi connectivity index (χ4n) is 1.79. The van der Waals surface area contributed by atoms with Gasteiger partial charge in [0.2, 0.25) is 0 Å². The molecule has 0 radical (unpaired) electrons. The molecule has 0 bridgehead atoms. The molecule has 0 aliphatic carbocycles. The highest BCUT2D eigenvalue weighted by Gasteiger charge is 2.03. The van der Waals surface area contributed by atoms with Crippen molar-refractivity contribution in [3.05, 3.63) is 36.7 Å². The van der Waals surface area contributed by atoms with E-state index in [9.17, 15) is 0 Å². The van der Waals surface area contributed by atoms with Crippen molar-refractivity contribution in [1.82, 2.24) is 15.6 Å². The molecule has 1 aliphatic heterocycles. The lowest BCUT2D eigenvalue weighted by atomic mass is 10.2. The van der Waals surface area contributed by atoms with E-state index in [1.165, 1.54) is 10.8 Å². The summed E-state index contributed by atoms with van der Waals surface area (Å²) in [6.45, 7) is 5.57. The number of rotatable bonds is 0. The van der Waals surface area contributed by atoms with E-state index in [0.29, 0.717) is 6.04 Å². The molecular weight excluding hydrogens is 198 g/mol. The first-order valence-electron chi connectivity index (χ1n) is 5.82. The molecular formula is C13H19N3. The average Bonchev–Trinajstić information content (AvgIpc) is 2.79. The molecule has 86 valence electrons. The van der Waals surface area contributed by atoms with Gasteiger partial charge in [-0.1, -0.05) is 24.3 Å². The minimum Gasteiger partial charge on any atom is -0.366 e. The van der Waals surface area contributed by atoms with Crippen LogP contribution >= 0.6 is 0 Å². The van der Waals surface area contributed by atoms with E-state index >= 15 is 0 Å². The largest absolute Gasteiger partial charge is 0.366 e.